The molecule has 1 heteroatoms. The highest BCUT2D eigenvalue weighted by molar-refractivity contribution is 6.04. The van der Waals surface area contributed by atoms with E-state index in [9.17, 15) is 0 Å². The zero-order valence-corrected chi connectivity index (χ0v) is 18.9. The number of fused-ring (bicyclic) bond motifs is 5. The molecule has 1 aliphatic carbocycles. The predicted molar refractivity (Wildman–Crippen MR) is 136 cm³/mol. The van der Waals surface area contributed by atoms with Gasteiger partial charge in [0.2, 0.25) is 0 Å². The largest absolute Gasteiger partial charge is 0.456 e. The first-order valence-electron chi connectivity index (χ1n) is 11.7. The molecule has 7 rings (SSSR count). The maximum Gasteiger partial charge on any atom is 0.135 e. The zero-order chi connectivity index (χ0) is 22.2. The van der Waals surface area contributed by atoms with Crippen LogP contribution in [0.3, 0.4) is 0 Å². The summed E-state index contributed by atoms with van der Waals surface area (Å²) in [4.78, 5) is 0. The maximum atomic E-state index is 6.38. The molecule has 0 radical (unpaired) electrons. The minimum absolute atomic E-state index is 0.0310. The summed E-state index contributed by atoms with van der Waals surface area (Å²) in [6.07, 6.45) is 0.891. The van der Waals surface area contributed by atoms with Crippen molar-refractivity contribution in [1.82, 2.24) is 0 Å². The van der Waals surface area contributed by atoms with Crippen LogP contribution >= 0.6 is 0 Å². The van der Waals surface area contributed by atoms with Gasteiger partial charge in [0, 0.05) is 16.4 Å². The molecule has 1 nitrogen and oxygen atoms in total. The second kappa shape index (κ2) is 6.59. The highest BCUT2D eigenvalue weighted by Crippen LogP contribution is 2.49. The average molecular weight is 425 g/mol. The molecule has 158 valence electrons. The van der Waals surface area contributed by atoms with Gasteiger partial charge in [-0.2, -0.15) is 0 Å². The van der Waals surface area contributed by atoms with Crippen LogP contribution in [0.15, 0.2) is 97.1 Å². The van der Waals surface area contributed by atoms with E-state index in [2.05, 4.69) is 111 Å². The summed E-state index contributed by atoms with van der Waals surface area (Å²) in [6.45, 7) is 4.68. The Morgan fingerprint density at radius 1 is 0.576 bits per heavy atom. The molecule has 0 fully saturated rings. The zero-order valence-electron chi connectivity index (χ0n) is 18.9. The van der Waals surface area contributed by atoms with Crippen LogP contribution in [0.2, 0.25) is 0 Å². The van der Waals surface area contributed by atoms with E-state index in [0.29, 0.717) is 0 Å². The number of hydrogen-bond acceptors (Lipinski definition) is 1. The van der Waals surface area contributed by atoms with E-state index in [1.54, 1.807) is 0 Å². The summed E-state index contributed by atoms with van der Waals surface area (Å²) in [5.74, 6) is 1.90. The van der Waals surface area contributed by atoms with Crippen molar-refractivity contribution in [2.45, 2.75) is 25.7 Å². The molecule has 33 heavy (non-hydrogen) atoms. The Balaban J connectivity index is 1.27. The minimum atomic E-state index is 0.0310. The van der Waals surface area contributed by atoms with Crippen molar-refractivity contribution < 1.29 is 4.74 Å². The fraction of sp³-hybridized carbons (Fsp3) is 0.125. The first-order chi connectivity index (χ1) is 16.1. The van der Waals surface area contributed by atoms with Crippen molar-refractivity contribution >= 4 is 10.8 Å². The molecular weight excluding hydrogens is 400 g/mol. The van der Waals surface area contributed by atoms with Crippen LogP contribution in [0.25, 0.3) is 33.0 Å². The molecule has 0 spiro atoms. The Labute approximate surface area is 194 Å². The van der Waals surface area contributed by atoms with Crippen molar-refractivity contribution in [1.29, 1.82) is 0 Å². The third kappa shape index (κ3) is 2.66. The van der Waals surface area contributed by atoms with E-state index >= 15 is 0 Å². The van der Waals surface area contributed by atoms with E-state index in [1.165, 1.54) is 55.3 Å². The van der Waals surface area contributed by atoms with Crippen LogP contribution in [0.4, 0.5) is 0 Å². The Kier molecular flexibility index (Phi) is 3.73. The Hall–Kier alpha value is -3.84. The summed E-state index contributed by atoms with van der Waals surface area (Å²) in [7, 11) is 0. The maximum absolute atomic E-state index is 6.38. The lowest BCUT2D eigenvalue weighted by Gasteiger charge is -2.23. The molecule has 5 aromatic rings. The molecule has 0 atom stereocenters. The van der Waals surface area contributed by atoms with Gasteiger partial charge >= 0.3 is 0 Å². The molecule has 0 unspecified atom stereocenters. The standard InChI is InChI=1S/C32H24O/c1-32(2)27-11-4-3-9-23(27)24-15-13-20(18-28(24)32)17-21-14-16-25-26-10-5-7-22-8-6-12-29(31(22)26)33-30(25)19-21/h3-16,18-19H,17H2,1-2H3. The molecule has 0 N–H and O–H groups in total. The number of ether oxygens (including phenoxy) is 1. The molecule has 0 saturated carbocycles. The first-order valence-corrected chi connectivity index (χ1v) is 11.7. The molecule has 0 saturated heterocycles. The van der Waals surface area contributed by atoms with Crippen LogP contribution in [-0.4, -0.2) is 0 Å². The fourth-order valence-corrected chi connectivity index (χ4v) is 5.82. The lowest BCUT2D eigenvalue weighted by Crippen LogP contribution is -2.15. The van der Waals surface area contributed by atoms with Gasteiger partial charge in [0.15, 0.2) is 0 Å². The van der Waals surface area contributed by atoms with Crippen LogP contribution in [0.1, 0.15) is 36.1 Å². The molecule has 1 aliphatic heterocycles. The van der Waals surface area contributed by atoms with Gasteiger partial charge < -0.3 is 4.74 Å². The normalized spacial score (nSPS) is 14.4. The predicted octanol–water partition coefficient (Wildman–Crippen LogP) is 8.51. The quantitative estimate of drug-likeness (QED) is 0.271. The Morgan fingerprint density at radius 3 is 2.15 bits per heavy atom. The second-order valence-corrected chi connectivity index (χ2v) is 9.82. The van der Waals surface area contributed by atoms with E-state index in [1.807, 2.05) is 0 Å². The molecule has 0 aromatic heterocycles. The van der Waals surface area contributed by atoms with Crippen molar-refractivity contribution in [3.63, 3.8) is 0 Å². The van der Waals surface area contributed by atoms with Gasteiger partial charge in [-0.05, 0) is 62.9 Å². The van der Waals surface area contributed by atoms with Crippen molar-refractivity contribution in [3.05, 3.63) is 119 Å². The van der Waals surface area contributed by atoms with E-state index in [0.717, 1.165) is 17.9 Å². The molecule has 0 amide bonds. The summed E-state index contributed by atoms with van der Waals surface area (Å²) in [5, 5.41) is 2.43. The highest BCUT2D eigenvalue weighted by Gasteiger charge is 2.35. The van der Waals surface area contributed by atoms with E-state index < -0.39 is 0 Å². The van der Waals surface area contributed by atoms with Gasteiger partial charge in [-0.15, -0.1) is 0 Å². The molecule has 2 aliphatic rings. The summed E-state index contributed by atoms with van der Waals surface area (Å²) >= 11 is 0. The topological polar surface area (TPSA) is 9.23 Å². The van der Waals surface area contributed by atoms with Gasteiger partial charge in [-0.3, -0.25) is 0 Å². The van der Waals surface area contributed by atoms with Crippen molar-refractivity contribution in [3.8, 4) is 33.8 Å². The smallest absolute Gasteiger partial charge is 0.135 e. The van der Waals surface area contributed by atoms with Crippen LogP contribution in [0.5, 0.6) is 11.5 Å². The molecule has 0 bridgehead atoms. The monoisotopic (exact) mass is 424 g/mol. The van der Waals surface area contributed by atoms with Crippen LogP contribution in [-0.2, 0) is 11.8 Å². The summed E-state index contributed by atoms with van der Waals surface area (Å²) in [5.41, 5.74) is 10.7. The third-order valence-corrected chi connectivity index (χ3v) is 7.48. The Bertz CT molecular complexity index is 1580. The average Bonchev–Trinajstić information content (AvgIpc) is 3.06. The molecule has 5 aromatic carbocycles. The lowest BCUT2D eigenvalue weighted by atomic mass is 9.81. The summed E-state index contributed by atoms with van der Waals surface area (Å²) < 4.78 is 6.38. The number of benzene rings is 5. The molecule has 1 heterocycles. The first kappa shape index (κ1) is 18.7. The summed E-state index contributed by atoms with van der Waals surface area (Å²) in [6, 6.07) is 35.3. The van der Waals surface area contributed by atoms with Gasteiger partial charge in [0.25, 0.3) is 0 Å². The number of hydrogen-bond donors (Lipinski definition) is 0. The van der Waals surface area contributed by atoms with Crippen molar-refractivity contribution in [2.75, 3.05) is 0 Å². The third-order valence-electron chi connectivity index (χ3n) is 7.48. The van der Waals surface area contributed by atoms with Gasteiger partial charge in [-0.25, -0.2) is 0 Å². The van der Waals surface area contributed by atoms with Gasteiger partial charge in [0.1, 0.15) is 11.5 Å². The van der Waals surface area contributed by atoms with Crippen molar-refractivity contribution in [2.24, 2.45) is 0 Å². The van der Waals surface area contributed by atoms with Gasteiger partial charge in [-0.1, -0.05) is 98.8 Å². The van der Waals surface area contributed by atoms with Crippen LogP contribution in [0, 0.1) is 0 Å². The molecular formula is C32H24O. The lowest BCUT2D eigenvalue weighted by molar-refractivity contribution is 0.486. The van der Waals surface area contributed by atoms with E-state index in [4.69, 9.17) is 4.74 Å². The highest BCUT2D eigenvalue weighted by atomic mass is 16.5. The SMILES string of the molecule is CC1(C)c2ccccc2-c2ccc(Cc3ccc4c(c3)Oc3cccc5cccc-4c35)cc21. The number of rotatable bonds is 2. The van der Waals surface area contributed by atoms with E-state index in [-0.39, 0.29) is 5.41 Å². The fourth-order valence-electron chi connectivity index (χ4n) is 5.82. The Morgan fingerprint density at radius 2 is 1.27 bits per heavy atom. The van der Waals surface area contributed by atoms with Crippen LogP contribution < -0.4 is 4.74 Å². The van der Waals surface area contributed by atoms with Gasteiger partial charge in [0.05, 0.1) is 0 Å². The second-order valence-electron chi connectivity index (χ2n) is 9.82. The minimum Gasteiger partial charge on any atom is -0.456 e.